The third-order valence-corrected chi connectivity index (χ3v) is 21.5. The number of aryl methyl sites for hydroxylation is 2. The van der Waals surface area contributed by atoms with Gasteiger partial charge in [0.1, 0.15) is 0 Å². The van der Waals surface area contributed by atoms with E-state index >= 15 is 0 Å². The average Bonchev–Trinajstić information content (AvgIpc) is 1.69. The Labute approximate surface area is 509 Å². The van der Waals surface area contributed by atoms with Gasteiger partial charge in [0.15, 0.2) is 0 Å². The lowest BCUT2D eigenvalue weighted by atomic mass is 9.33. The molecule has 85 heavy (non-hydrogen) atoms. The molecule has 5 aliphatic rings. The molecule has 0 saturated carbocycles. The zero-order chi connectivity index (χ0) is 59.7. The van der Waals surface area contributed by atoms with Gasteiger partial charge >= 0.3 is 0 Å². The number of hydrogen-bond acceptors (Lipinski definition) is 3. The van der Waals surface area contributed by atoms with Gasteiger partial charge in [-0.3, -0.25) is 0 Å². The van der Waals surface area contributed by atoms with Gasteiger partial charge in [-0.05, 0) is 210 Å². The Morgan fingerprint density at radius 1 is 0.388 bits per heavy atom. The summed E-state index contributed by atoms with van der Waals surface area (Å²) in [5.41, 5.74) is 30.8. The predicted octanol–water partition coefficient (Wildman–Crippen LogP) is 19.9. The molecule has 0 saturated heterocycles. The second-order valence-electron chi connectivity index (χ2n) is 30.8. The van der Waals surface area contributed by atoms with Crippen LogP contribution in [0, 0.1) is 6.92 Å². The summed E-state index contributed by atoms with van der Waals surface area (Å²) in [6.45, 7) is 38.7. The second-order valence-corrected chi connectivity index (χ2v) is 30.8. The molecule has 0 bridgehead atoms. The van der Waals surface area contributed by atoms with E-state index in [4.69, 9.17) is 0 Å². The zero-order valence-electron chi connectivity index (χ0n) is 53.6. The molecule has 3 nitrogen and oxygen atoms in total. The van der Waals surface area contributed by atoms with Gasteiger partial charge in [0.25, 0.3) is 6.71 Å². The molecule has 2 unspecified atom stereocenters. The van der Waals surface area contributed by atoms with Gasteiger partial charge in [0.2, 0.25) is 0 Å². The van der Waals surface area contributed by atoms with Crippen molar-refractivity contribution in [2.75, 3.05) is 14.7 Å². The fourth-order valence-electron chi connectivity index (χ4n) is 16.1. The van der Waals surface area contributed by atoms with Crippen LogP contribution in [0.3, 0.4) is 0 Å². The van der Waals surface area contributed by atoms with Crippen LogP contribution in [0.1, 0.15) is 173 Å². The Kier molecular flexibility index (Phi) is 12.2. The van der Waals surface area contributed by atoms with Crippen LogP contribution in [0.2, 0.25) is 0 Å². The Hall–Kier alpha value is -7.56. The van der Waals surface area contributed by atoms with E-state index < -0.39 is 5.54 Å². The van der Waals surface area contributed by atoms with Crippen molar-refractivity contribution >= 4 is 68.6 Å². The molecule has 0 spiro atoms. The second kappa shape index (κ2) is 18.7. The largest absolute Gasteiger partial charge is 0.330 e. The summed E-state index contributed by atoms with van der Waals surface area (Å²) in [6.07, 6.45) is 4.39. The number of rotatable bonds is 5. The van der Waals surface area contributed by atoms with E-state index in [2.05, 4.69) is 307 Å². The standard InChI is InChI=1S/C81H86BN3/c1-51-43-56(75(2,3)4)32-37-67(51)83-70-48-59(85-69-36-31-55(52-25-19-17-20-26-52)44-64(69)80(15)40-39-54-29-23-24-30-61(54)81(80,85)16)34-35-65(70)82-66-49-62-63(79(13,14)42-41-78(62,11)12)50-71(66)84(73-47-58(77(8,9)10)46-72(83)74(73)82)68-38-33-57(76(5,6)7)45-60(68)53-27-21-18-22-28-53/h17-38,43-50H,39-42H2,1-16H3. The maximum Gasteiger partial charge on any atom is 0.252 e. The molecular formula is C81H86BN3. The Morgan fingerprint density at radius 2 is 0.941 bits per heavy atom. The summed E-state index contributed by atoms with van der Waals surface area (Å²) in [7, 11) is 0. The molecule has 0 N–H and O–H groups in total. The topological polar surface area (TPSA) is 9.72 Å². The van der Waals surface area contributed by atoms with Crippen LogP contribution >= 0.6 is 0 Å². The minimum absolute atomic E-state index is 0.00528. The molecule has 4 heteroatoms. The van der Waals surface area contributed by atoms with Gasteiger partial charge in [-0.1, -0.05) is 218 Å². The third kappa shape index (κ3) is 8.34. The molecule has 2 aliphatic carbocycles. The molecule has 0 aromatic heterocycles. The first kappa shape index (κ1) is 55.3. The van der Waals surface area contributed by atoms with Gasteiger partial charge in [-0.25, -0.2) is 0 Å². The molecule has 9 aromatic carbocycles. The maximum absolute atomic E-state index is 2.78. The van der Waals surface area contributed by atoms with Crippen LogP contribution in [-0.4, -0.2) is 6.71 Å². The lowest BCUT2D eigenvalue weighted by Crippen LogP contribution is -2.62. The quantitative estimate of drug-likeness (QED) is 0.159. The highest BCUT2D eigenvalue weighted by Gasteiger charge is 2.60. The maximum atomic E-state index is 2.78. The van der Waals surface area contributed by atoms with Crippen LogP contribution in [0.5, 0.6) is 0 Å². The van der Waals surface area contributed by atoms with Crippen molar-refractivity contribution in [2.24, 2.45) is 0 Å². The van der Waals surface area contributed by atoms with Gasteiger partial charge < -0.3 is 14.7 Å². The molecule has 0 radical (unpaired) electrons. The first-order chi connectivity index (χ1) is 40.2. The number of anilines is 8. The van der Waals surface area contributed by atoms with Crippen molar-refractivity contribution in [1.82, 2.24) is 0 Å². The van der Waals surface area contributed by atoms with E-state index in [-0.39, 0.29) is 39.2 Å². The Balaban J connectivity index is 1.10. The fraction of sp³-hybridized carbons (Fsp3) is 0.333. The molecular weight excluding hydrogens is 1030 g/mol. The minimum atomic E-state index is -0.392. The highest BCUT2D eigenvalue weighted by Crippen LogP contribution is 2.65. The molecule has 2 atom stereocenters. The summed E-state index contributed by atoms with van der Waals surface area (Å²) < 4.78 is 0. The number of hydrogen-bond donors (Lipinski definition) is 0. The summed E-state index contributed by atoms with van der Waals surface area (Å²) in [4.78, 5) is 8.22. The van der Waals surface area contributed by atoms with Gasteiger partial charge in [-0.15, -0.1) is 0 Å². The first-order valence-corrected chi connectivity index (χ1v) is 31.7. The van der Waals surface area contributed by atoms with Crippen molar-refractivity contribution < 1.29 is 0 Å². The Bertz CT molecular complexity index is 4200. The summed E-state index contributed by atoms with van der Waals surface area (Å²) >= 11 is 0. The van der Waals surface area contributed by atoms with E-state index in [0.29, 0.717) is 0 Å². The van der Waals surface area contributed by atoms with Crippen molar-refractivity contribution in [3.05, 3.63) is 232 Å². The summed E-state index contributed by atoms with van der Waals surface area (Å²) in [6, 6.07) is 71.9. The monoisotopic (exact) mass is 1110 g/mol. The van der Waals surface area contributed by atoms with Gasteiger partial charge in [-0.2, -0.15) is 0 Å². The average molecular weight is 1110 g/mol. The number of nitrogens with zero attached hydrogens (tertiary/aromatic N) is 3. The lowest BCUT2D eigenvalue weighted by Gasteiger charge is -2.51. The van der Waals surface area contributed by atoms with Crippen LogP contribution < -0.4 is 31.1 Å². The number of benzene rings is 9. The fourth-order valence-corrected chi connectivity index (χ4v) is 16.1. The molecule has 14 rings (SSSR count). The predicted molar refractivity (Wildman–Crippen MR) is 366 cm³/mol. The lowest BCUT2D eigenvalue weighted by molar-refractivity contribution is 0.245. The zero-order valence-corrected chi connectivity index (χ0v) is 53.6. The van der Waals surface area contributed by atoms with Crippen molar-refractivity contribution in [1.29, 1.82) is 0 Å². The molecule has 9 aromatic rings. The summed E-state index contributed by atoms with van der Waals surface area (Å²) in [5, 5.41) is 0. The molecule has 0 fully saturated rings. The van der Waals surface area contributed by atoms with E-state index in [1.165, 1.54) is 134 Å². The van der Waals surface area contributed by atoms with Crippen molar-refractivity contribution in [3.63, 3.8) is 0 Å². The molecule has 3 heterocycles. The molecule has 428 valence electrons. The van der Waals surface area contributed by atoms with E-state index in [1.54, 1.807) is 0 Å². The van der Waals surface area contributed by atoms with E-state index in [9.17, 15) is 0 Å². The van der Waals surface area contributed by atoms with Crippen molar-refractivity contribution in [3.8, 4) is 22.3 Å². The van der Waals surface area contributed by atoms with E-state index in [1.807, 2.05) is 0 Å². The normalized spacial score (nSPS) is 19.8. The minimum Gasteiger partial charge on any atom is -0.330 e. The Morgan fingerprint density at radius 3 is 1.58 bits per heavy atom. The van der Waals surface area contributed by atoms with Crippen LogP contribution in [-0.2, 0) is 44.4 Å². The van der Waals surface area contributed by atoms with E-state index in [0.717, 1.165) is 25.7 Å². The first-order valence-electron chi connectivity index (χ1n) is 31.7. The third-order valence-electron chi connectivity index (χ3n) is 21.5. The molecule has 0 amide bonds. The SMILES string of the molecule is Cc1cc(C(C)(C)C)ccc1N1c2cc(N3c4ccc(-c5ccccc5)cc4C4(C)CCc5ccccc5C34C)ccc2B2c3cc4c(cc3N(c3ccc(C(C)(C)C)cc3-c3ccccc3)c3cc(C(C)(C)C)cc1c32)C(C)(C)CCC4(C)C. The highest BCUT2D eigenvalue weighted by molar-refractivity contribution is 7.00. The van der Waals surface area contributed by atoms with Gasteiger partial charge in [0.05, 0.1) is 11.2 Å². The van der Waals surface area contributed by atoms with Crippen LogP contribution in [0.15, 0.2) is 182 Å². The van der Waals surface area contributed by atoms with Crippen molar-refractivity contribution in [2.45, 2.75) is 174 Å². The summed E-state index contributed by atoms with van der Waals surface area (Å²) in [5.74, 6) is 0. The molecule has 3 aliphatic heterocycles. The van der Waals surface area contributed by atoms with Crippen LogP contribution in [0.25, 0.3) is 22.3 Å². The van der Waals surface area contributed by atoms with Gasteiger partial charge in [0, 0.05) is 50.8 Å². The van der Waals surface area contributed by atoms with Crippen LogP contribution in [0.4, 0.5) is 45.5 Å². The highest BCUT2D eigenvalue weighted by atomic mass is 15.3. The smallest absolute Gasteiger partial charge is 0.252 e. The number of fused-ring (bicyclic) bond motifs is 10.